The minimum atomic E-state index is -0.650. The van der Waals surface area contributed by atoms with E-state index in [0.717, 1.165) is 19.5 Å². The van der Waals surface area contributed by atoms with Crippen molar-refractivity contribution in [3.8, 4) is 0 Å². The Balaban J connectivity index is 1.61. The number of likely N-dealkylation sites (tertiary alicyclic amines) is 1. The van der Waals surface area contributed by atoms with Crippen LogP contribution in [0.2, 0.25) is 0 Å². The van der Waals surface area contributed by atoms with Crippen molar-refractivity contribution in [2.24, 2.45) is 11.8 Å². The molecule has 1 saturated carbocycles. The Morgan fingerprint density at radius 1 is 1.43 bits per heavy atom. The van der Waals surface area contributed by atoms with Crippen LogP contribution in [0.15, 0.2) is 6.20 Å². The summed E-state index contributed by atoms with van der Waals surface area (Å²) in [6.45, 7) is 4.69. The van der Waals surface area contributed by atoms with E-state index < -0.39 is 5.97 Å². The highest BCUT2D eigenvalue weighted by Gasteiger charge is 2.30. The maximum absolute atomic E-state index is 11.2. The Labute approximate surface area is 130 Å². The van der Waals surface area contributed by atoms with E-state index in [9.17, 15) is 9.90 Å². The predicted octanol–water partition coefficient (Wildman–Crippen LogP) is 3.34. The van der Waals surface area contributed by atoms with Gasteiger partial charge in [-0.15, -0.1) is 11.3 Å². The molecule has 2 fully saturated rings. The Morgan fingerprint density at radius 3 is 2.90 bits per heavy atom. The third-order valence-electron chi connectivity index (χ3n) is 4.74. The minimum Gasteiger partial charge on any atom is -0.481 e. The average Bonchev–Trinajstić information content (AvgIpc) is 3.08. The van der Waals surface area contributed by atoms with Gasteiger partial charge in [-0.25, -0.2) is 4.98 Å². The number of carbonyl (C=O) groups is 1. The monoisotopic (exact) mass is 308 g/mol. The number of hydrogen-bond acceptors (Lipinski definition) is 4. The molecule has 116 valence electrons. The van der Waals surface area contributed by atoms with Gasteiger partial charge in [-0.3, -0.25) is 9.69 Å². The molecule has 1 aromatic rings. The number of thiazole rings is 1. The van der Waals surface area contributed by atoms with Crippen LogP contribution in [-0.2, 0) is 11.3 Å². The van der Waals surface area contributed by atoms with Crippen LogP contribution >= 0.6 is 11.3 Å². The largest absolute Gasteiger partial charge is 0.481 e. The summed E-state index contributed by atoms with van der Waals surface area (Å²) in [5, 5.41) is 10.5. The van der Waals surface area contributed by atoms with Crippen LogP contribution in [-0.4, -0.2) is 34.0 Å². The van der Waals surface area contributed by atoms with Crippen molar-refractivity contribution >= 4 is 17.3 Å². The summed E-state index contributed by atoms with van der Waals surface area (Å²) in [5.74, 6) is 0.274. The number of piperidine rings is 1. The average molecular weight is 308 g/mol. The molecule has 1 aliphatic heterocycles. The molecule has 0 radical (unpaired) electrons. The van der Waals surface area contributed by atoms with E-state index in [0.29, 0.717) is 18.4 Å². The molecule has 2 unspecified atom stereocenters. The normalized spacial score (nSPS) is 28.0. The topological polar surface area (TPSA) is 53.4 Å². The Kier molecular flexibility index (Phi) is 4.60. The fourth-order valence-corrected chi connectivity index (χ4v) is 4.88. The van der Waals surface area contributed by atoms with Gasteiger partial charge < -0.3 is 5.11 Å². The second kappa shape index (κ2) is 6.44. The highest BCUT2D eigenvalue weighted by molar-refractivity contribution is 7.11. The van der Waals surface area contributed by atoms with Crippen LogP contribution in [0.3, 0.4) is 0 Å². The van der Waals surface area contributed by atoms with Crippen LogP contribution in [0.4, 0.5) is 0 Å². The molecule has 4 nitrogen and oxygen atoms in total. The molecule has 1 aromatic heterocycles. The first kappa shape index (κ1) is 15.0. The zero-order valence-electron chi connectivity index (χ0n) is 12.6. The lowest BCUT2D eigenvalue weighted by Crippen LogP contribution is -2.41. The van der Waals surface area contributed by atoms with Gasteiger partial charge in [0.25, 0.3) is 0 Å². The Morgan fingerprint density at radius 2 is 2.19 bits per heavy atom. The molecule has 1 aliphatic carbocycles. The van der Waals surface area contributed by atoms with Gasteiger partial charge in [-0.05, 0) is 25.2 Å². The van der Waals surface area contributed by atoms with E-state index in [4.69, 9.17) is 0 Å². The van der Waals surface area contributed by atoms with Crippen molar-refractivity contribution in [2.45, 2.75) is 51.5 Å². The first-order valence-electron chi connectivity index (χ1n) is 8.01. The second-order valence-corrected chi connectivity index (χ2v) is 7.86. The SMILES string of the molecule is CC1CC(C(=O)O)CN(Cc2cnc(C3CCCC3)s2)C1. The summed E-state index contributed by atoms with van der Waals surface area (Å²) >= 11 is 1.83. The van der Waals surface area contributed by atoms with Gasteiger partial charge >= 0.3 is 5.97 Å². The third kappa shape index (κ3) is 3.64. The van der Waals surface area contributed by atoms with Gasteiger partial charge in [0.15, 0.2) is 0 Å². The van der Waals surface area contributed by atoms with E-state index in [-0.39, 0.29) is 5.92 Å². The third-order valence-corrected chi connectivity index (χ3v) is 5.88. The molecule has 1 N–H and O–H groups in total. The summed E-state index contributed by atoms with van der Waals surface area (Å²) < 4.78 is 0. The van der Waals surface area contributed by atoms with Gasteiger partial charge in [0.2, 0.25) is 0 Å². The fraction of sp³-hybridized carbons (Fsp3) is 0.750. The first-order chi connectivity index (χ1) is 10.1. The van der Waals surface area contributed by atoms with Gasteiger partial charge in [0, 0.05) is 36.6 Å². The lowest BCUT2D eigenvalue weighted by atomic mass is 9.90. The number of aromatic nitrogens is 1. The van der Waals surface area contributed by atoms with E-state index in [2.05, 4.69) is 16.8 Å². The smallest absolute Gasteiger partial charge is 0.307 e. The van der Waals surface area contributed by atoms with Crippen molar-refractivity contribution in [2.75, 3.05) is 13.1 Å². The Hall–Kier alpha value is -0.940. The molecule has 0 aromatic carbocycles. The Bertz CT molecular complexity index is 496. The molecule has 2 aliphatic rings. The van der Waals surface area contributed by atoms with Crippen molar-refractivity contribution in [3.63, 3.8) is 0 Å². The molecule has 0 amide bonds. The molecule has 21 heavy (non-hydrogen) atoms. The van der Waals surface area contributed by atoms with Crippen LogP contribution in [0.1, 0.15) is 54.8 Å². The number of carboxylic acids is 1. The van der Waals surface area contributed by atoms with E-state index in [1.165, 1.54) is 35.6 Å². The standard InChI is InChI=1S/C16H24N2O2S/c1-11-6-13(16(19)20)9-18(8-11)10-14-7-17-15(21-14)12-4-2-3-5-12/h7,11-13H,2-6,8-10H2,1H3,(H,19,20). The number of rotatable bonds is 4. The zero-order valence-corrected chi connectivity index (χ0v) is 13.4. The van der Waals surface area contributed by atoms with Crippen LogP contribution in [0.5, 0.6) is 0 Å². The van der Waals surface area contributed by atoms with Crippen molar-refractivity contribution in [3.05, 3.63) is 16.1 Å². The van der Waals surface area contributed by atoms with Gasteiger partial charge in [0.1, 0.15) is 0 Å². The quantitative estimate of drug-likeness (QED) is 0.927. The predicted molar refractivity (Wildman–Crippen MR) is 83.5 cm³/mol. The number of carboxylic acid groups (broad SMARTS) is 1. The maximum atomic E-state index is 11.2. The van der Waals surface area contributed by atoms with Crippen molar-refractivity contribution in [1.82, 2.24) is 9.88 Å². The zero-order chi connectivity index (χ0) is 14.8. The van der Waals surface area contributed by atoms with Gasteiger partial charge in [-0.1, -0.05) is 19.8 Å². The van der Waals surface area contributed by atoms with Crippen LogP contribution < -0.4 is 0 Å². The summed E-state index contributed by atoms with van der Waals surface area (Å²) in [5.41, 5.74) is 0. The van der Waals surface area contributed by atoms with Gasteiger partial charge in [0.05, 0.1) is 10.9 Å². The second-order valence-electron chi connectivity index (χ2n) is 6.72. The number of aliphatic carboxylic acids is 1. The van der Waals surface area contributed by atoms with Gasteiger partial charge in [-0.2, -0.15) is 0 Å². The van der Waals surface area contributed by atoms with Crippen molar-refractivity contribution in [1.29, 1.82) is 0 Å². The summed E-state index contributed by atoms with van der Waals surface area (Å²) in [6, 6.07) is 0. The number of hydrogen-bond donors (Lipinski definition) is 1. The van der Waals surface area contributed by atoms with E-state index in [1.54, 1.807) is 0 Å². The molecular weight excluding hydrogens is 284 g/mol. The summed E-state index contributed by atoms with van der Waals surface area (Å²) in [6.07, 6.45) is 8.06. The lowest BCUT2D eigenvalue weighted by molar-refractivity contribution is -0.144. The first-order valence-corrected chi connectivity index (χ1v) is 8.83. The highest BCUT2D eigenvalue weighted by Crippen LogP contribution is 2.36. The molecule has 2 heterocycles. The number of nitrogens with zero attached hydrogens (tertiary/aromatic N) is 2. The summed E-state index contributed by atoms with van der Waals surface area (Å²) in [7, 11) is 0. The lowest BCUT2D eigenvalue weighted by Gasteiger charge is -2.34. The highest BCUT2D eigenvalue weighted by atomic mass is 32.1. The van der Waals surface area contributed by atoms with E-state index in [1.807, 2.05) is 17.5 Å². The molecule has 0 bridgehead atoms. The summed E-state index contributed by atoms with van der Waals surface area (Å²) in [4.78, 5) is 19.4. The molecular formula is C16H24N2O2S. The van der Waals surface area contributed by atoms with Crippen LogP contribution in [0.25, 0.3) is 0 Å². The minimum absolute atomic E-state index is 0.212. The van der Waals surface area contributed by atoms with Crippen molar-refractivity contribution < 1.29 is 9.90 Å². The molecule has 0 spiro atoms. The fourth-order valence-electron chi connectivity index (χ4n) is 3.75. The molecule has 2 atom stereocenters. The molecule has 3 rings (SSSR count). The maximum Gasteiger partial charge on any atom is 0.307 e. The molecule has 1 saturated heterocycles. The van der Waals surface area contributed by atoms with Crippen LogP contribution in [0, 0.1) is 11.8 Å². The molecule has 5 heteroatoms. The van der Waals surface area contributed by atoms with E-state index >= 15 is 0 Å².